The van der Waals surface area contributed by atoms with Crippen molar-refractivity contribution in [3.63, 3.8) is 0 Å². The van der Waals surface area contributed by atoms with Gasteiger partial charge in [-0.25, -0.2) is 4.39 Å². The van der Waals surface area contributed by atoms with Crippen molar-refractivity contribution in [1.82, 2.24) is 5.32 Å². The second-order valence-corrected chi connectivity index (χ2v) is 4.27. The maximum atomic E-state index is 13.5. The van der Waals surface area contributed by atoms with Crippen molar-refractivity contribution in [2.24, 2.45) is 0 Å². The highest BCUT2D eigenvalue weighted by Gasteiger charge is 2.42. The van der Waals surface area contributed by atoms with Crippen LogP contribution < -0.4 is 5.32 Å². The zero-order chi connectivity index (χ0) is 12.5. The second kappa shape index (κ2) is 4.64. The third-order valence-corrected chi connectivity index (χ3v) is 3.06. The summed E-state index contributed by atoms with van der Waals surface area (Å²) in [6.45, 7) is 0. The highest BCUT2D eigenvalue weighted by molar-refractivity contribution is 5.22. The molecule has 1 saturated heterocycles. The summed E-state index contributed by atoms with van der Waals surface area (Å²) in [5, 5.41) is 2.49. The van der Waals surface area contributed by atoms with E-state index in [4.69, 9.17) is 0 Å². The van der Waals surface area contributed by atoms with Crippen molar-refractivity contribution in [2.45, 2.75) is 37.5 Å². The molecule has 1 aliphatic heterocycles. The minimum absolute atomic E-state index is 0.0639. The zero-order valence-electron chi connectivity index (χ0n) is 9.10. The number of hydrogen-bond acceptors (Lipinski definition) is 1. The maximum Gasteiger partial charge on any atom is 0.403 e. The smallest absolute Gasteiger partial charge is 0.299 e. The van der Waals surface area contributed by atoms with E-state index in [9.17, 15) is 17.6 Å². The first kappa shape index (κ1) is 12.4. The first-order valence-electron chi connectivity index (χ1n) is 5.55. The molecule has 2 rings (SSSR count). The Morgan fingerprint density at radius 2 is 1.82 bits per heavy atom. The van der Waals surface area contributed by atoms with Gasteiger partial charge in [-0.05, 0) is 25.3 Å². The lowest BCUT2D eigenvalue weighted by atomic mass is 9.93. The summed E-state index contributed by atoms with van der Waals surface area (Å²) in [6, 6.07) is 3.90. The Morgan fingerprint density at radius 3 is 2.47 bits per heavy atom. The van der Waals surface area contributed by atoms with Crippen molar-refractivity contribution in [2.75, 3.05) is 0 Å². The van der Waals surface area contributed by atoms with Crippen molar-refractivity contribution in [1.29, 1.82) is 0 Å². The highest BCUT2D eigenvalue weighted by atomic mass is 19.4. The van der Waals surface area contributed by atoms with Crippen LogP contribution in [0.1, 0.15) is 30.9 Å². The van der Waals surface area contributed by atoms with Crippen molar-refractivity contribution in [3.8, 4) is 0 Å². The van der Waals surface area contributed by atoms with E-state index >= 15 is 0 Å². The minimum atomic E-state index is -4.26. The van der Waals surface area contributed by atoms with Crippen LogP contribution in [0, 0.1) is 5.82 Å². The predicted octanol–water partition coefficient (Wildman–Crippen LogP) is 3.57. The summed E-state index contributed by atoms with van der Waals surface area (Å²) in [5.74, 6) is -0.451. The van der Waals surface area contributed by atoms with E-state index in [-0.39, 0.29) is 6.42 Å². The van der Waals surface area contributed by atoms with Gasteiger partial charge in [0.25, 0.3) is 0 Å². The zero-order valence-corrected chi connectivity index (χ0v) is 9.10. The topological polar surface area (TPSA) is 12.0 Å². The number of halogens is 4. The van der Waals surface area contributed by atoms with Gasteiger partial charge in [0.05, 0.1) is 0 Å². The van der Waals surface area contributed by atoms with E-state index in [0.29, 0.717) is 18.4 Å². The number of alkyl halides is 3. The fraction of sp³-hybridized carbons (Fsp3) is 0.500. The molecule has 17 heavy (non-hydrogen) atoms. The van der Waals surface area contributed by atoms with Gasteiger partial charge >= 0.3 is 6.18 Å². The molecule has 0 amide bonds. The largest absolute Gasteiger partial charge is 0.403 e. The summed E-state index contributed by atoms with van der Waals surface area (Å²) in [4.78, 5) is 0. The fourth-order valence-corrected chi connectivity index (χ4v) is 2.20. The molecule has 1 aromatic carbocycles. The molecule has 2 atom stereocenters. The monoisotopic (exact) mass is 247 g/mol. The molecule has 1 N–H and O–H groups in total. The van der Waals surface area contributed by atoms with Gasteiger partial charge in [0.15, 0.2) is 0 Å². The van der Waals surface area contributed by atoms with E-state index in [0.717, 1.165) is 0 Å². The van der Waals surface area contributed by atoms with Crippen molar-refractivity contribution in [3.05, 3.63) is 35.6 Å². The summed E-state index contributed by atoms with van der Waals surface area (Å²) < 4.78 is 51.2. The molecule has 2 unspecified atom stereocenters. The molecule has 0 saturated carbocycles. The Balaban J connectivity index is 2.15. The molecule has 0 radical (unpaired) electrons. The van der Waals surface area contributed by atoms with Crippen LogP contribution in [-0.2, 0) is 0 Å². The van der Waals surface area contributed by atoms with Gasteiger partial charge in [-0.2, -0.15) is 13.2 Å². The van der Waals surface area contributed by atoms with Gasteiger partial charge in [-0.3, -0.25) is 5.32 Å². The molecule has 1 nitrogen and oxygen atoms in total. The second-order valence-electron chi connectivity index (χ2n) is 4.27. The van der Waals surface area contributed by atoms with Gasteiger partial charge in [-0.15, -0.1) is 0 Å². The van der Waals surface area contributed by atoms with Crippen LogP contribution in [0.3, 0.4) is 0 Å². The number of benzene rings is 1. The molecule has 94 valence electrons. The average Bonchev–Trinajstić information content (AvgIpc) is 2.29. The Labute approximate surface area is 96.8 Å². The number of rotatable bonds is 1. The predicted molar refractivity (Wildman–Crippen MR) is 56.0 cm³/mol. The van der Waals surface area contributed by atoms with Crippen molar-refractivity contribution >= 4 is 0 Å². The number of hydrogen-bond donors (Lipinski definition) is 1. The summed E-state index contributed by atoms with van der Waals surface area (Å²) in [5.41, 5.74) is 0.321. The molecule has 0 spiro atoms. The van der Waals surface area contributed by atoms with E-state index in [2.05, 4.69) is 5.32 Å². The molecular weight excluding hydrogens is 234 g/mol. The lowest BCUT2D eigenvalue weighted by molar-refractivity contribution is -0.163. The molecule has 0 bridgehead atoms. The summed E-state index contributed by atoms with van der Waals surface area (Å²) in [7, 11) is 0. The third kappa shape index (κ3) is 2.77. The molecule has 5 heteroatoms. The minimum Gasteiger partial charge on any atom is -0.299 e. The van der Waals surface area contributed by atoms with Crippen LogP contribution in [0.4, 0.5) is 17.6 Å². The van der Waals surface area contributed by atoms with Crippen LogP contribution >= 0.6 is 0 Å². The quantitative estimate of drug-likeness (QED) is 0.748. The Morgan fingerprint density at radius 1 is 1.12 bits per heavy atom. The molecule has 1 fully saturated rings. The highest BCUT2D eigenvalue weighted by Crippen LogP contribution is 2.33. The normalized spacial score (nSPS) is 25.9. The summed E-state index contributed by atoms with van der Waals surface area (Å²) >= 11 is 0. The Kier molecular flexibility index (Phi) is 3.38. The molecule has 1 heterocycles. The van der Waals surface area contributed by atoms with Crippen molar-refractivity contribution < 1.29 is 17.6 Å². The van der Waals surface area contributed by atoms with E-state index in [1.165, 1.54) is 18.2 Å². The molecular formula is C12H13F4N. The van der Waals surface area contributed by atoms with Gasteiger partial charge < -0.3 is 0 Å². The van der Waals surface area contributed by atoms with E-state index in [1.54, 1.807) is 6.07 Å². The van der Waals surface area contributed by atoms with Crippen LogP contribution in [0.2, 0.25) is 0 Å². The van der Waals surface area contributed by atoms with Crippen LogP contribution in [0.5, 0.6) is 0 Å². The lowest BCUT2D eigenvalue weighted by Crippen LogP contribution is -2.46. The van der Waals surface area contributed by atoms with Crippen LogP contribution in [0.15, 0.2) is 24.3 Å². The fourth-order valence-electron chi connectivity index (χ4n) is 2.20. The van der Waals surface area contributed by atoms with Gasteiger partial charge in [0.2, 0.25) is 0 Å². The Bertz CT molecular complexity index is 388. The first-order chi connectivity index (χ1) is 7.98. The molecule has 1 aromatic rings. The van der Waals surface area contributed by atoms with Gasteiger partial charge in [0.1, 0.15) is 11.9 Å². The third-order valence-electron chi connectivity index (χ3n) is 3.06. The average molecular weight is 247 g/mol. The lowest BCUT2D eigenvalue weighted by Gasteiger charge is -2.32. The van der Waals surface area contributed by atoms with Crippen LogP contribution in [0.25, 0.3) is 0 Å². The SMILES string of the molecule is Fc1ccccc1C1CCCC(C(F)(F)F)N1. The standard InChI is InChI=1S/C12H13F4N/c13-9-5-2-1-4-8(9)10-6-3-7-11(17-10)12(14,15)16/h1-2,4-5,10-11,17H,3,6-7H2. The van der Waals surface area contributed by atoms with Gasteiger partial charge in [0, 0.05) is 11.6 Å². The molecule has 0 aliphatic carbocycles. The van der Waals surface area contributed by atoms with Crippen LogP contribution in [-0.4, -0.2) is 12.2 Å². The Hall–Kier alpha value is -1.10. The van der Waals surface area contributed by atoms with Gasteiger partial charge in [-0.1, -0.05) is 18.2 Å². The van der Waals surface area contributed by atoms with E-state index in [1.807, 2.05) is 0 Å². The number of nitrogens with one attached hydrogen (secondary N) is 1. The van der Waals surface area contributed by atoms with E-state index < -0.39 is 24.1 Å². The maximum absolute atomic E-state index is 13.5. The number of piperidine rings is 1. The molecule has 1 aliphatic rings. The summed E-state index contributed by atoms with van der Waals surface area (Å²) in [6.07, 6.45) is -3.21. The first-order valence-corrected chi connectivity index (χ1v) is 5.55. The molecule has 0 aromatic heterocycles.